The maximum absolute atomic E-state index is 12.0. The third-order valence-corrected chi connectivity index (χ3v) is 4.52. The van der Waals surface area contributed by atoms with Crippen LogP contribution in [-0.2, 0) is 0 Å². The van der Waals surface area contributed by atoms with Gasteiger partial charge in [-0.25, -0.2) is 0 Å². The number of amides is 1. The van der Waals surface area contributed by atoms with Crippen LogP contribution in [0.4, 0.5) is 5.69 Å². The molecule has 3 rings (SSSR count). The summed E-state index contributed by atoms with van der Waals surface area (Å²) in [6.45, 7) is 0.333. The Bertz CT molecular complexity index is 619. The molecule has 0 aliphatic heterocycles. The second kappa shape index (κ2) is 4.83. The Balaban J connectivity index is 1.70. The van der Waals surface area contributed by atoms with Crippen LogP contribution in [0.5, 0.6) is 0 Å². The maximum atomic E-state index is 12.0. The number of carbonyl (C=O) groups is 1. The number of nitrogen functional groups attached to an aromatic ring is 1. The van der Waals surface area contributed by atoms with E-state index in [1.54, 1.807) is 0 Å². The molecule has 0 radical (unpaired) electrons. The molecule has 4 nitrogen and oxygen atoms in total. The number of benzene rings is 1. The molecule has 1 aliphatic carbocycles. The predicted molar refractivity (Wildman–Crippen MR) is 77.3 cm³/mol. The summed E-state index contributed by atoms with van der Waals surface area (Å²) in [6.07, 6.45) is 1.73. The van der Waals surface area contributed by atoms with Gasteiger partial charge in [0.1, 0.15) is 0 Å². The van der Waals surface area contributed by atoms with Crippen molar-refractivity contribution in [3.05, 3.63) is 29.1 Å². The first-order chi connectivity index (χ1) is 9.13. The largest absolute Gasteiger partial charge is 0.399 e. The van der Waals surface area contributed by atoms with Crippen molar-refractivity contribution in [3.8, 4) is 0 Å². The van der Waals surface area contributed by atoms with Crippen LogP contribution in [0.2, 0.25) is 0 Å². The molecule has 1 aliphatic rings. The number of anilines is 1. The van der Waals surface area contributed by atoms with E-state index in [0.717, 1.165) is 22.9 Å². The van der Waals surface area contributed by atoms with Crippen LogP contribution in [0.3, 0.4) is 0 Å². The number of aliphatic hydroxyl groups excluding tert-OH is 1. The van der Waals surface area contributed by atoms with Crippen LogP contribution in [0, 0.1) is 5.92 Å². The molecule has 0 spiro atoms. The van der Waals surface area contributed by atoms with Crippen molar-refractivity contribution in [2.24, 2.45) is 5.92 Å². The van der Waals surface area contributed by atoms with E-state index in [0.29, 0.717) is 23.0 Å². The van der Waals surface area contributed by atoms with E-state index in [4.69, 9.17) is 5.73 Å². The fourth-order valence-electron chi connectivity index (χ4n) is 2.11. The van der Waals surface area contributed by atoms with Crippen molar-refractivity contribution in [1.29, 1.82) is 0 Å². The van der Waals surface area contributed by atoms with Gasteiger partial charge in [0.2, 0.25) is 0 Å². The molecule has 5 heteroatoms. The van der Waals surface area contributed by atoms with Gasteiger partial charge in [0.25, 0.3) is 5.91 Å². The average molecular weight is 276 g/mol. The van der Waals surface area contributed by atoms with E-state index in [9.17, 15) is 9.90 Å². The van der Waals surface area contributed by atoms with Crippen LogP contribution in [-0.4, -0.2) is 23.7 Å². The van der Waals surface area contributed by atoms with Gasteiger partial charge in [-0.2, -0.15) is 0 Å². The Labute approximate surface area is 115 Å². The summed E-state index contributed by atoms with van der Waals surface area (Å²) in [7, 11) is 0. The lowest BCUT2D eigenvalue weighted by Crippen LogP contribution is -2.32. The third-order valence-electron chi connectivity index (χ3n) is 3.40. The van der Waals surface area contributed by atoms with Gasteiger partial charge in [0, 0.05) is 16.9 Å². The lowest BCUT2D eigenvalue weighted by molar-refractivity contribution is 0.0905. The van der Waals surface area contributed by atoms with E-state index in [1.165, 1.54) is 11.3 Å². The topological polar surface area (TPSA) is 75.4 Å². The average Bonchev–Trinajstić information content (AvgIpc) is 3.15. The molecule has 100 valence electrons. The second-order valence-electron chi connectivity index (χ2n) is 5.02. The SMILES string of the molecule is Nc1ccc2sc(C(=O)NCC(O)C3CC3)cc2c1. The summed E-state index contributed by atoms with van der Waals surface area (Å²) >= 11 is 1.44. The minimum Gasteiger partial charge on any atom is -0.399 e. The number of nitrogens with one attached hydrogen (secondary N) is 1. The van der Waals surface area contributed by atoms with Crippen LogP contribution in [0.1, 0.15) is 22.5 Å². The number of aliphatic hydroxyl groups is 1. The number of rotatable bonds is 4. The van der Waals surface area contributed by atoms with Crippen molar-refractivity contribution in [3.63, 3.8) is 0 Å². The predicted octanol–water partition coefficient (Wildman–Crippen LogP) is 1.98. The van der Waals surface area contributed by atoms with E-state index in [1.807, 2.05) is 24.3 Å². The molecule has 1 unspecified atom stereocenters. The van der Waals surface area contributed by atoms with Crippen molar-refractivity contribution in [2.45, 2.75) is 18.9 Å². The normalized spacial score (nSPS) is 16.5. The van der Waals surface area contributed by atoms with E-state index >= 15 is 0 Å². The zero-order chi connectivity index (χ0) is 13.4. The van der Waals surface area contributed by atoms with Gasteiger partial charge in [-0.15, -0.1) is 11.3 Å². The summed E-state index contributed by atoms with van der Waals surface area (Å²) < 4.78 is 1.04. The molecule has 1 aromatic heterocycles. The molecule has 4 N–H and O–H groups in total. The smallest absolute Gasteiger partial charge is 0.261 e. The summed E-state index contributed by atoms with van der Waals surface area (Å²) in [5, 5.41) is 13.5. The minimum atomic E-state index is -0.408. The van der Waals surface area contributed by atoms with Crippen LogP contribution >= 0.6 is 11.3 Å². The van der Waals surface area contributed by atoms with Crippen LogP contribution in [0.25, 0.3) is 10.1 Å². The van der Waals surface area contributed by atoms with Gasteiger partial charge in [0.15, 0.2) is 0 Å². The Morgan fingerprint density at radius 3 is 3.00 bits per heavy atom. The molecule has 1 aromatic carbocycles. The van der Waals surface area contributed by atoms with Crippen molar-refractivity contribution in [1.82, 2.24) is 5.32 Å². The fourth-order valence-corrected chi connectivity index (χ4v) is 3.07. The quantitative estimate of drug-likeness (QED) is 0.747. The number of nitrogens with two attached hydrogens (primary N) is 1. The molecule has 2 aromatic rings. The molecular weight excluding hydrogens is 260 g/mol. The highest BCUT2D eigenvalue weighted by molar-refractivity contribution is 7.20. The molecule has 1 fully saturated rings. The van der Waals surface area contributed by atoms with E-state index in [-0.39, 0.29) is 5.91 Å². The molecule has 19 heavy (non-hydrogen) atoms. The molecule has 1 saturated carbocycles. The first kappa shape index (κ1) is 12.4. The lowest BCUT2D eigenvalue weighted by atomic mass is 10.2. The summed E-state index contributed by atoms with van der Waals surface area (Å²) in [6, 6.07) is 7.46. The molecule has 0 bridgehead atoms. The number of thiophene rings is 1. The fraction of sp³-hybridized carbons (Fsp3) is 0.357. The van der Waals surface area contributed by atoms with Crippen molar-refractivity contribution < 1.29 is 9.90 Å². The van der Waals surface area contributed by atoms with Gasteiger partial charge in [0.05, 0.1) is 11.0 Å². The van der Waals surface area contributed by atoms with Gasteiger partial charge >= 0.3 is 0 Å². The standard InChI is InChI=1S/C14H16N2O2S/c15-10-3-4-12-9(5-10)6-13(19-12)14(18)16-7-11(17)8-1-2-8/h3-6,8,11,17H,1-2,7,15H2,(H,16,18). The number of hydrogen-bond donors (Lipinski definition) is 3. The van der Waals surface area contributed by atoms with Gasteiger partial charge in [-0.1, -0.05) is 0 Å². The number of hydrogen-bond acceptors (Lipinski definition) is 4. The van der Waals surface area contributed by atoms with E-state index < -0.39 is 6.10 Å². The molecule has 1 heterocycles. The Kier molecular flexibility index (Phi) is 3.16. The van der Waals surface area contributed by atoms with Crippen molar-refractivity contribution >= 4 is 33.0 Å². The highest BCUT2D eigenvalue weighted by atomic mass is 32.1. The first-order valence-corrected chi connectivity index (χ1v) is 7.20. The molecule has 0 saturated heterocycles. The van der Waals surface area contributed by atoms with Crippen LogP contribution in [0.15, 0.2) is 24.3 Å². The monoisotopic (exact) mass is 276 g/mol. The Hall–Kier alpha value is -1.59. The lowest BCUT2D eigenvalue weighted by Gasteiger charge is -2.09. The zero-order valence-electron chi connectivity index (χ0n) is 10.4. The van der Waals surface area contributed by atoms with Crippen molar-refractivity contribution in [2.75, 3.05) is 12.3 Å². The third kappa shape index (κ3) is 2.72. The van der Waals surface area contributed by atoms with Gasteiger partial charge < -0.3 is 16.2 Å². The number of carbonyl (C=O) groups excluding carboxylic acids is 1. The summed E-state index contributed by atoms with van der Waals surface area (Å²) in [4.78, 5) is 12.7. The highest BCUT2D eigenvalue weighted by Gasteiger charge is 2.29. The zero-order valence-corrected chi connectivity index (χ0v) is 11.2. The van der Waals surface area contributed by atoms with Gasteiger partial charge in [-0.3, -0.25) is 4.79 Å². The van der Waals surface area contributed by atoms with Gasteiger partial charge in [-0.05, 0) is 48.4 Å². The summed E-state index contributed by atoms with van der Waals surface area (Å²) in [5.74, 6) is 0.252. The Morgan fingerprint density at radius 1 is 1.47 bits per heavy atom. The number of fused-ring (bicyclic) bond motifs is 1. The summed E-state index contributed by atoms with van der Waals surface area (Å²) in [5.41, 5.74) is 6.41. The molecular formula is C14H16N2O2S. The second-order valence-corrected chi connectivity index (χ2v) is 6.11. The maximum Gasteiger partial charge on any atom is 0.261 e. The van der Waals surface area contributed by atoms with E-state index in [2.05, 4.69) is 5.32 Å². The molecule has 1 atom stereocenters. The first-order valence-electron chi connectivity index (χ1n) is 6.39. The Morgan fingerprint density at radius 2 is 2.26 bits per heavy atom. The highest BCUT2D eigenvalue weighted by Crippen LogP contribution is 2.32. The van der Waals surface area contributed by atoms with Crippen LogP contribution < -0.4 is 11.1 Å². The molecule has 1 amide bonds. The minimum absolute atomic E-state index is 0.125.